The van der Waals surface area contributed by atoms with Gasteiger partial charge in [0.2, 0.25) is 0 Å². The minimum atomic E-state index is -0.0370. The molecule has 0 aliphatic rings. The van der Waals surface area contributed by atoms with Crippen molar-refractivity contribution in [2.45, 2.75) is 98.1 Å². The Kier molecular flexibility index (Phi) is 9.99. The van der Waals surface area contributed by atoms with Crippen LogP contribution in [-0.4, -0.2) is 15.5 Å². The van der Waals surface area contributed by atoms with Gasteiger partial charge in [-0.25, -0.2) is 4.98 Å². The van der Waals surface area contributed by atoms with Crippen LogP contribution in [0.1, 0.15) is 98.4 Å². The first-order chi connectivity index (χ1) is 16.1. The lowest BCUT2D eigenvalue weighted by Crippen LogP contribution is -2.25. The lowest BCUT2D eigenvalue weighted by molar-refractivity contribution is 0.0949. The molecule has 178 valence electrons. The number of aromatic nitrogens is 2. The first-order valence-electron chi connectivity index (χ1n) is 12.9. The summed E-state index contributed by atoms with van der Waals surface area (Å²) in [5.74, 6) is 0.898. The first-order valence-corrected chi connectivity index (χ1v) is 12.9. The normalized spacial score (nSPS) is 11.2. The molecule has 3 rings (SSSR count). The number of imidazole rings is 1. The van der Waals surface area contributed by atoms with E-state index < -0.39 is 0 Å². The molecule has 1 aromatic heterocycles. The SMILES string of the molecule is CCCCCCCCCCCCn1c(CNC(=O)c2ccc(C)cc2C)nc2ccccc21. The quantitative estimate of drug-likeness (QED) is 0.260. The summed E-state index contributed by atoms with van der Waals surface area (Å²) in [6, 6.07) is 14.2. The second kappa shape index (κ2) is 13.2. The van der Waals surface area contributed by atoms with Crippen LogP contribution in [-0.2, 0) is 13.1 Å². The number of para-hydroxylation sites is 2. The van der Waals surface area contributed by atoms with Gasteiger partial charge in [0.05, 0.1) is 17.6 Å². The van der Waals surface area contributed by atoms with Gasteiger partial charge >= 0.3 is 0 Å². The van der Waals surface area contributed by atoms with E-state index in [4.69, 9.17) is 4.98 Å². The third-order valence-electron chi connectivity index (χ3n) is 6.50. The van der Waals surface area contributed by atoms with Crippen LogP contribution >= 0.6 is 0 Å². The van der Waals surface area contributed by atoms with Crippen molar-refractivity contribution in [1.29, 1.82) is 0 Å². The highest BCUT2D eigenvalue weighted by Gasteiger charge is 2.13. The van der Waals surface area contributed by atoms with Crippen LogP contribution in [0.3, 0.4) is 0 Å². The fourth-order valence-corrected chi connectivity index (χ4v) is 4.59. The summed E-state index contributed by atoms with van der Waals surface area (Å²) in [4.78, 5) is 17.6. The van der Waals surface area contributed by atoms with Gasteiger partial charge in [-0.3, -0.25) is 4.79 Å². The summed E-state index contributed by atoms with van der Waals surface area (Å²) in [5.41, 5.74) is 5.07. The molecule has 0 radical (unpaired) electrons. The standard InChI is InChI=1S/C29H41N3O/c1-4-5-6-7-8-9-10-11-12-15-20-32-27-17-14-13-16-26(27)31-28(32)22-30-29(33)25-19-18-23(2)21-24(25)3/h13-14,16-19,21H,4-12,15,20,22H2,1-3H3,(H,30,33). The Bertz CT molecular complexity index is 1020. The van der Waals surface area contributed by atoms with Crippen molar-refractivity contribution in [2.24, 2.45) is 0 Å². The monoisotopic (exact) mass is 447 g/mol. The third kappa shape index (κ3) is 7.45. The molecule has 4 heteroatoms. The number of hydrogen-bond donors (Lipinski definition) is 1. The van der Waals surface area contributed by atoms with E-state index in [1.807, 2.05) is 32.0 Å². The number of amides is 1. The minimum absolute atomic E-state index is 0.0370. The summed E-state index contributed by atoms with van der Waals surface area (Å²) in [6.45, 7) is 7.70. The van der Waals surface area contributed by atoms with Crippen molar-refractivity contribution in [3.63, 3.8) is 0 Å². The maximum Gasteiger partial charge on any atom is 0.251 e. The van der Waals surface area contributed by atoms with Gasteiger partial charge in [0.25, 0.3) is 5.91 Å². The molecular weight excluding hydrogens is 406 g/mol. The summed E-state index contributed by atoms with van der Waals surface area (Å²) >= 11 is 0. The highest BCUT2D eigenvalue weighted by atomic mass is 16.1. The van der Waals surface area contributed by atoms with Gasteiger partial charge in [-0.1, -0.05) is 94.5 Å². The van der Waals surface area contributed by atoms with E-state index >= 15 is 0 Å². The maximum absolute atomic E-state index is 12.8. The molecule has 0 fully saturated rings. The molecule has 4 nitrogen and oxygen atoms in total. The van der Waals surface area contributed by atoms with E-state index in [9.17, 15) is 4.79 Å². The molecule has 0 bridgehead atoms. The zero-order valence-corrected chi connectivity index (χ0v) is 20.8. The topological polar surface area (TPSA) is 46.9 Å². The third-order valence-corrected chi connectivity index (χ3v) is 6.50. The Labute approximate surface area is 199 Å². The van der Waals surface area contributed by atoms with Gasteiger partial charge in [0.1, 0.15) is 5.82 Å². The van der Waals surface area contributed by atoms with Gasteiger partial charge < -0.3 is 9.88 Å². The number of rotatable bonds is 14. The van der Waals surface area contributed by atoms with E-state index in [2.05, 4.69) is 41.1 Å². The number of aryl methyl sites for hydroxylation is 3. The van der Waals surface area contributed by atoms with Crippen molar-refractivity contribution in [3.05, 3.63) is 65.0 Å². The minimum Gasteiger partial charge on any atom is -0.345 e. The summed E-state index contributed by atoms with van der Waals surface area (Å²) < 4.78 is 2.29. The molecular formula is C29H41N3O. The molecule has 0 unspecified atom stereocenters. The highest BCUT2D eigenvalue weighted by Crippen LogP contribution is 2.19. The van der Waals surface area contributed by atoms with E-state index in [-0.39, 0.29) is 5.91 Å². The van der Waals surface area contributed by atoms with E-state index in [1.54, 1.807) is 0 Å². The number of nitrogens with zero attached hydrogens (tertiary/aromatic N) is 2. The summed E-state index contributed by atoms with van der Waals surface area (Å²) in [7, 11) is 0. The van der Waals surface area contributed by atoms with Crippen LogP contribution in [0.4, 0.5) is 0 Å². The molecule has 33 heavy (non-hydrogen) atoms. The molecule has 0 aliphatic carbocycles. The van der Waals surface area contributed by atoms with E-state index in [1.165, 1.54) is 63.4 Å². The Morgan fingerprint density at radius 2 is 1.55 bits per heavy atom. The van der Waals surface area contributed by atoms with Crippen molar-refractivity contribution in [2.75, 3.05) is 0 Å². The number of carbonyl (C=O) groups is 1. The predicted molar refractivity (Wildman–Crippen MR) is 139 cm³/mol. The molecule has 1 N–H and O–H groups in total. The smallest absolute Gasteiger partial charge is 0.251 e. The van der Waals surface area contributed by atoms with Crippen LogP contribution in [0, 0.1) is 13.8 Å². The number of nitrogens with one attached hydrogen (secondary N) is 1. The Morgan fingerprint density at radius 3 is 2.24 bits per heavy atom. The second-order valence-corrected chi connectivity index (χ2v) is 9.35. The molecule has 0 aliphatic heterocycles. The van der Waals surface area contributed by atoms with E-state index in [0.717, 1.165) is 41.0 Å². The van der Waals surface area contributed by atoms with Gasteiger partial charge in [-0.2, -0.15) is 0 Å². The number of unbranched alkanes of at least 4 members (excludes halogenated alkanes) is 9. The lowest BCUT2D eigenvalue weighted by Gasteiger charge is -2.11. The van der Waals surface area contributed by atoms with Gasteiger partial charge in [-0.05, 0) is 44.0 Å². The molecule has 3 aromatic rings. The number of benzene rings is 2. The maximum atomic E-state index is 12.8. The fourth-order valence-electron chi connectivity index (χ4n) is 4.59. The summed E-state index contributed by atoms with van der Waals surface area (Å²) in [6.07, 6.45) is 13.3. The lowest BCUT2D eigenvalue weighted by atomic mass is 10.1. The van der Waals surface area contributed by atoms with Gasteiger partial charge in [-0.15, -0.1) is 0 Å². The van der Waals surface area contributed by atoms with Crippen molar-refractivity contribution < 1.29 is 4.79 Å². The molecule has 0 spiro atoms. The van der Waals surface area contributed by atoms with E-state index in [0.29, 0.717) is 6.54 Å². The molecule has 0 atom stereocenters. The highest BCUT2D eigenvalue weighted by molar-refractivity contribution is 5.95. The van der Waals surface area contributed by atoms with Crippen LogP contribution in [0.5, 0.6) is 0 Å². The van der Waals surface area contributed by atoms with Crippen molar-refractivity contribution in [1.82, 2.24) is 14.9 Å². The first kappa shape index (κ1) is 25.0. The fraction of sp³-hybridized carbons (Fsp3) is 0.517. The van der Waals surface area contributed by atoms with Crippen molar-refractivity contribution in [3.8, 4) is 0 Å². The largest absolute Gasteiger partial charge is 0.345 e. The predicted octanol–water partition coefficient (Wildman–Crippen LogP) is 7.50. The Hall–Kier alpha value is -2.62. The molecule has 2 aromatic carbocycles. The molecule has 0 saturated heterocycles. The Balaban J connectivity index is 1.52. The van der Waals surface area contributed by atoms with Crippen LogP contribution in [0.25, 0.3) is 11.0 Å². The van der Waals surface area contributed by atoms with Gasteiger partial charge in [0.15, 0.2) is 0 Å². The Morgan fingerprint density at radius 1 is 0.879 bits per heavy atom. The molecule has 1 heterocycles. The second-order valence-electron chi connectivity index (χ2n) is 9.35. The average Bonchev–Trinajstić information content (AvgIpc) is 3.16. The van der Waals surface area contributed by atoms with Crippen LogP contribution in [0.2, 0.25) is 0 Å². The molecule has 1 amide bonds. The number of fused-ring (bicyclic) bond motifs is 1. The summed E-state index contributed by atoms with van der Waals surface area (Å²) in [5, 5.41) is 3.09. The van der Waals surface area contributed by atoms with Crippen molar-refractivity contribution >= 4 is 16.9 Å². The average molecular weight is 448 g/mol. The number of carbonyl (C=O) groups excluding carboxylic acids is 1. The zero-order valence-electron chi connectivity index (χ0n) is 20.8. The van der Waals surface area contributed by atoms with Crippen LogP contribution < -0.4 is 5.32 Å². The van der Waals surface area contributed by atoms with Gasteiger partial charge in [0, 0.05) is 12.1 Å². The number of hydrogen-bond acceptors (Lipinski definition) is 2. The zero-order chi connectivity index (χ0) is 23.5. The molecule has 0 saturated carbocycles. The van der Waals surface area contributed by atoms with Crippen LogP contribution in [0.15, 0.2) is 42.5 Å².